The molecule has 1 rings (SSSR count). The number of hydrogen-bond donors (Lipinski definition) is 3. The first-order valence-corrected chi connectivity index (χ1v) is 4.76. The molecule has 1 aromatic rings. The van der Waals surface area contributed by atoms with Crippen LogP contribution in [0.5, 0.6) is 0 Å². The van der Waals surface area contributed by atoms with Crippen molar-refractivity contribution in [3.8, 4) is 0 Å². The summed E-state index contributed by atoms with van der Waals surface area (Å²) in [5, 5.41) is 11.2. The first-order valence-electron chi connectivity index (χ1n) is 4.76. The van der Waals surface area contributed by atoms with E-state index in [0.717, 1.165) is 0 Å². The standard InChI is InChI=1S/C9H14N4O3/c1-16-3-2-10-8(14)6-11-9(15)7-4-12-13-5-7/h4-5H,2-3,6H2,1H3,(H,10,14)(H,11,15)(H,12,13). The molecular formula is C9H14N4O3. The Kier molecular flexibility index (Phi) is 5.00. The fourth-order valence-corrected chi connectivity index (χ4v) is 0.993. The molecule has 1 heterocycles. The van der Waals surface area contributed by atoms with E-state index >= 15 is 0 Å². The van der Waals surface area contributed by atoms with Gasteiger partial charge in [0.2, 0.25) is 5.91 Å². The number of aromatic nitrogens is 2. The van der Waals surface area contributed by atoms with Gasteiger partial charge >= 0.3 is 0 Å². The lowest BCUT2D eigenvalue weighted by Crippen LogP contribution is -2.38. The number of H-pyrrole nitrogens is 1. The van der Waals surface area contributed by atoms with Gasteiger partial charge in [0.05, 0.1) is 24.9 Å². The Morgan fingerprint density at radius 3 is 2.94 bits per heavy atom. The van der Waals surface area contributed by atoms with Gasteiger partial charge in [-0.1, -0.05) is 0 Å². The van der Waals surface area contributed by atoms with Gasteiger partial charge in [-0.25, -0.2) is 0 Å². The summed E-state index contributed by atoms with van der Waals surface area (Å²) in [6, 6.07) is 0. The SMILES string of the molecule is COCCNC(=O)CNC(=O)c1cn[nH]c1. The smallest absolute Gasteiger partial charge is 0.254 e. The van der Waals surface area contributed by atoms with Crippen LogP contribution in [-0.4, -0.2) is 48.8 Å². The van der Waals surface area contributed by atoms with Crippen LogP contribution in [0.25, 0.3) is 0 Å². The first-order chi connectivity index (χ1) is 7.74. The normalized spacial score (nSPS) is 9.81. The molecule has 0 aliphatic carbocycles. The number of amides is 2. The monoisotopic (exact) mass is 226 g/mol. The number of nitrogens with zero attached hydrogens (tertiary/aromatic N) is 1. The molecule has 3 N–H and O–H groups in total. The zero-order valence-electron chi connectivity index (χ0n) is 8.95. The lowest BCUT2D eigenvalue weighted by Gasteiger charge is -2.05. The highest BCUT2D eigenvalue weighted by atomic mass is 16.5. The van der Waals surface area contributed by atoms with E-state index in [2.05, 4.69) is 20.8 Å². The molecule has 0 saturated heterocycles. The first kappa shape index (κ1) is 12.2. The molecule has 1 aromatic heterocycles. The second-order valence-electron chi connectivity index (χ2n) is 3.01. The van der Waals surface area contributed by atoms with Gasteiger partial charge < -0.3 is 15.4 Å². The minimum absolute atomic E-state index is 0.0618. The summed E-state index contributed by atoms with van der Waals surface area (Å²) in [5.41, 5.74) is 0.393. The maximum atomic E-state index is 11.4. The summed E-state index contributed by atoms with van der Waals surface area (Å²) in [7, 11) is 1.55. The second-order valence-corrected chi connectivity index (χ2v) is 3.01. The van der Waals surface area contributed by atoms with E-state index in [1.807, 2.05) is 0 Å². The molecule has 0 radical (unpaired) electrons. The molecule has 7 nitrogen and oxygen atoms in total. The van der Waals surface area contributed by atoms with Gasteiger partial charge in [-0.2, -0.15) is 5.10 Å². The Morgan fingerprint density at radius 2 is 2.31 bits per heavy atom. The number of carbonyl (C=O) groups excluding carboxylic acids is 2. The number of hydrogen-bond acceptors (Lipinski definition) is 4. The number of carbonyl (C=O) groups is 2. The molecule has 0 atom stereocenters. The van der Waals surface area contributed by atoms with Crippen LogP contribution in [0.1, 0.15) is 10.4 Å². The molecule has 0 aromatic carbocycles. The topological polar surface area (TPSA) is 96.1 Å². The summed E-state index contributed by atoms with van der Waals surface area (Å²) >= 11 is 0. The molecule has 0 aliphatic heterocycles. The fraction of sp³-hybridized carbons (Fsp3) is 0.444. The number of ether oxygens (including phenoxy) is 1. The van der Waals surface area contributed by atoms with E-state index in [9.17, 15) is 9.59 Å². The van der Waals surface area contributed by atoms with Crippen molar-refractivity contribution in [2.45, 2.75) is 0 Å². The predicted octanol–water partition coefficient (Wildman–Crippen LogP) is -1.10. The average Bonchev–Trinajstić information content (AvgIpc) is 2.79. The molecule has 0 bridgehead atoms. The molecule has 0 spiro atoms. The average molecular weight is 226 g/mol. The van der Waals surface area contributed by atoms with Crippen LogP contribution in [0.2, 0.25) is 0 Å². The van der Waals surface area contributed by atoms with Gasteiger partial charge in [0.1, 0.15) is 0 Å². The summed E-state index contributed by atoms with van der Waals surface area (Å²) < 4.78 is 4.76. The largest absolute Gasteiger partial charge is 0.383 e. The van der Waals surface area contributed by atoms with Crippen molar-refractivity contribution < 1.29 is 14.3 Å². The fourth-order valence-electron chi connectivity index (χ4n) is 0.993. The van der Waals surface area contributed by atoms with Crippen molar-refractivity contribution in [3.63, 3.8) is 0 Å². The van der Waals surface area contributed by atoms with Crippen LogP contribution >= 0.6 is 0 Å². The number of methoxy groups -OCH3 is 1. The van der Waals surface area contributed by atoms with E-state index in [1.54, 1.807) is 7.11 Å². The molecule has 88 valence electrons. The van der Waals surface area contributed by atoms with Crippen molar-refractivity contribution in [1.82, 2.24) is 20.8 Å². The Morgan fingerprint density at radius 1 is 1.50 bits per heavy atom. The Labute approximate surface area is 92.6 Å². The minimum Gasteiger partial charge on any atom is -0.383 e. The van der Waals surface area contributed by atoms with E-state index in [4.69, 9.17) is 4.74 Å². The summed E-state index contributed by atoms with van der Waals surface area (Å²) in [4.78, 5) is 22.6. The van der Waals surface area contributed by atoms with Gasteiger partial charge in [0, 0.05) is 19.9 Å². The number of nitrogens with one attached hydrogen (secondary N) is 3. The Bertz CT molecular complexity index is 337. The van der Waals surface area contributed by atoms with E-state index in [-0.39, 0.29) is 18.4 Å². The summed E-state index contributed by atoms with van der Waals surface area (Å²) in [5.74, 6) is -0.593. The third-order valence-electron chi connectivity index (χ3n) is 1.80. The predicted molar refractivity (Wildman–Crippen MR) is 55.8 cm³/mol. The Hall–Kier alpha value is -1.89. The van der Waals surface area contributed by atoms with E-state index in [0.29, 0.717) is 18.7 Å². The minimum atomic E-state index is -0.337. The van der Waals surface area contributed by atoms with Gasteiger partial charge in [-0.05, 0) is 0 Å². The molecule has 2 amide bonds. The van der Waals surface area contributed by atoms with Crippen LogP contribution in [-0.2, 0) is 9.53 Å². The van der Waals surface area contributed by atoms with Crippen LogP contribution in [0.15, 0.2) is 12.4 Å². The highest BCUT2D eigenvalue weighted by Crippen LogP contribution is 1.91. The molecule has 7 heteroatoms. The molecule has 0 saturated carbocycles. The van der Waals surface area contributed by atoms with Crippen LogP contribution < -0.4 is 10.6 Å². The highest BCUT2D eigenvalue weighted by Gasteiger charge is 2.07. The Balaban J connectivity index is 2.19. The summed E-state index contributed by atoms with van der Waals surface area (Å²) in [6.07, 6.45) is 2.84. The number of aromatic amines is 1. The maximum Gasteiger partial charge on any atom is 0.254 e. The second kappa shape index (κ2) is 6.57. The van der Waals surface area contributed by atoms with E-state index in [1.165, 1.54) is 12.4 Å². The molecule has 16 heavy (non-hydrogen) atoms. The third kappa shape index (κ3) is 4.09. The van der Waals surface area contributed by atoms with E-state index < -0.39 is 0 Å². The van der Waals surface area contributed by atoms with Crippen LogP contribution in [0, 0.1) is 0 Å². The molecule has 0 aliphatic rings. The van der Waals surface area contributed by atoms with Gasteiger partial charge in [-0.3, -0.25) is 14.7 Å². The van der Waals surface area contributed by atoms with Crippen LogP contribution in [0.3, 0.4) is 0 Å². The third-order valence-corrected chi connectivity index (χ3v) is 1.80. The zero-order chi connectivity index (χ0) is 11.8. The van der Waals surface area contributed by atoms with Crippen molar-refractivity contribution in [2.75, 3.05) is 26.8 Å². The molecular weight excluding hydrogens is 212 g/mol. The highest BCUT2D eigenvalue weighted by molar-refractivity contribution is 5.95. The van der Waals surface area contributed by atoms with Crippen molar-refractivity contribution in [2.24, 2.45) is 0 Å². The summed E-state index contributed by atoms with van der Waals surface area (Å²) in [6.45, 7) is 0.812. The maximum absolute atomic E-state index is 11.4. The van der Waals surface area contributed by atoms with Crippen molar-refractivity contribution in [1.29, 1.82) is 0 Å². The van der Waals surface area contributed by atoms with Crippen LogP contribution in [0.4, 0.5) is 0 Å². The lowest BCUT2D eigenvalue weighted by atomic mass is 10.3. The van der Waals surface area contributed by atoms with Crippen molar-refractivity contribution in [3.05, 3.63) is 18.0 Å². The quantitative estimate of drug-likeness (QED) is 0.536. The van der Waals surface area contributed by atoms with Gasteiger partial charge in [0.15, 0.2) is 0 Å². The molecule has 0 unspecified atom stereocenters. The van der Waals surface area contributed by atoms with Crippen molar-refractivity contribution >= 4 is 11.8 Å². The molecule has 0 fully saturated rings. The van der Waals surface area contributed by atoms with Gasteiger partial charge in [-0.15, -0.1) is 0 Å². The zero-order valence-corrected chi connectivity index (χ0v) is 8.95. The lowest BCUT2D eigenvalue weighted by molar-refractivity contribution is -0.120. The van der Waals surface area contributed by atoms with Gasteiger partial charge in [0.25, 0.3) is 5.91 Å². The number of rotatable bonds is 6.